The van der Waals surface area contributed by atoms with E-state index in [0.717, 1.165) is 16.0 Å². The van der Waals surface area contributed by atoms with Crippen molar-refractivity contribution in [2.45, 2.75) is 24.3 Å². The Hall–Kier alpha value is -3.40. The second-order valence-corrected chi connectivity index (χ2v) is 8.20. The molecule has 168 valence electrons. The normalized spacial score (nSPS) is 17.3. The first-order chi connectivity index (χ1) is 15.2. The summed E-state index contributed by atoms with van der Waals surface area (Å²) >= 11 is 0. The number of halogens is 2. The smallest absolute Gasteiger partial charge is 0.267 e. The largest absolute Gasteiger partial charge is 0.348 e. The molecule has 3 aromatic rings. The van der Waals surface area contributed by atoms with Crippen LogP contribution in [0.3, 0.4) is 0 Å². The Bertz CT molecular complexity index is 1140. The number of pyridine rings is 1. The molecule has 1 aliphatic rings. The molecule has 2 N–H and O–H groups in total. The number of hydrogen-bond donors (Lipinski definition) is 1. The maximum atomic E-state index is 13.6. The predicted molar refractivity (Wildman–Crippen MR) is 114 cm³/mol. The van der Waals surface area contributed by atoms with E-state index in [1.165, 1.54) is 11.2 Å². The quantitative estimate of drug-likeness (QED) is 0.650. The fourth-order valence-electron chi connectivity index (χ4n) is 3.94. The number of benzene rings is 1. The minimum absolute atomic E-state index is 0.0769. The van der Waals surface area contributed by atoms with Crippen molar-refractivity contribution in [2.75, 3.05) is 27.2 Å². The van der Waals surface area contributed by atoms with Gasteiger partial charge in [0, 0.05) is 33.3 Å². The number of likely N-dealkylation sites (tertiary alicyclic amines) is 1. The van der Waals surface area contributed by atoms with Gasteiger partial charge in [-0.15, -0.1) is 0 Å². The first-order valence-corrected chi connectivity index (χ1v) is 10.2. The maximum Gasteiger partial charge on any atom is 0.267 e. The molecule has 0 aliphatic carbocycles. The third kappa shape index (κ3) is 4.18. The Morgan fingerprint density at radius 1 is 1.16 bits per heavy atom. The molecular weight excluding hydrogens is 418 g/mol. The van der Waals surface area contributed by atoms with Crippen LogP contribution in [0.2, 0.25) is 0 Å². The summed E-state index contributed by atoms with van der Waals surface area (Å²) in [5, 5.41) is 4.07. The van der Waals surface area contributed by atoms with Crippen LogP contribution in [0.1, 0.15) is 17.9 Å². The Balaban J connectivity index is 1.61. The van der Waals surface area contributed by atoms with Gasteiger partial charge in [-0.1, -0.05) is 24.3 Å². The van der Waals surface area contributed by atoms with E-state index in [0.29, 0.717) is 11.2 Å². The predicted octanol–water partition coefficient (Wildman–Crippen LogP) is 1.76. The second-order valence-electron chi connectivity index (χ2n) is 8.20. The number of nitrogens with two attached hydrogens (primary N) is 1. The van der Waals surface area contributed by atoms with Crippen LogP contribution < -0.4 is 5.73 Å². The van der Waals surface area contributed by atoms with Crippen molar-refractivity contribution in [3.63, 3.8) is 0 Å². The average molecular weight is 442 g/mol. The third-order valence-electron chi connectivity index (χ3n) is 5.72. The minimum atomic E-state index is -2.93. The van der Waals surface area contributed by atoms with Crippen LogP contribution in [0, 0.1) is 0 Å². The van der Waals surface area contributed by atoms with Gasteiger partial charge < -0.3 is 15.5 Å². The Labute approximate surface area is 183 Å². The number of hydrogen-bond acceptors (Lipinski definition) is 5. The lowest BCUT2D eigenvalue weighted by atomic mass is 9.88. The lowest BCUT2D eigenvalue weighted by Gasteiger charge is -2.28. The number of carbonyl (C=O) groups is 2. The monoisotopic (exact) mass is 442 g/mol. The van der Waals surface area contributed by atoms with Crippen LogP contribution >= 0.6 is 0 Å². The first-order valence-electron chi connectivity index (χ1n) is 10.2. The number of nitrogens with zero attached hydrogens (tertiary/aromatic N) is 5. The summed E-state index contributed by atoms with van der Waals surface area (Å²) in [7, 11) is 3.14. The Kier molecular flexibility index (Phi) is 5.64. The van der Waals surface area contributed by atoms with E-state index in [-0.39, 0.29) is 12.5 Å². The molecule has 10 heteroatoms. The zero-order valence-electron chi connectivity index (χ0n) is 17.8. The number of fused-ring (bicyclic) bond motifs is 1. The van der Waals surface area contributed by atoms with Gasteiger partial charge in [-0.25, -0.2) is 18.3 Å². The number of aromatic nitrogens is 3. The van der Waals surface area contributed by atoms with Gasteiger partial charge in [0.1, 0.15) is 12.4 Å². The van der Waals surface area contributed by atoms with Gasteiger partial charge in [0.15, 0.2) is 5.65 Å². The van der Waals surface area contributed by atoms with Gasteiger partial charge in [0.2, 0.25) is 11.8 Å². The summed E-state index contributed by atoms with van der Waals surface area (Å²) in [6.45, 7) is -0.751. The Morgan fingerprint density at radius 2 is 1.88 bits per heavy atom. The minimum Gasteiger partial charge on any atom is -0.348 e. The van der Waals surface area contributed by atoms with E-state index in [1.54, 1.807) is 36.9 Å². The molecule has 8 nitrogen and oxygen atoms in total. The fraction of sp³-hybridized carbons (Fsp3) is 0.364. The summed E-state index contributed by atoms with van der Waals surface area (Å²) in [6.07, 6.45) is 2.86. The van der Waals surface area contributed by atoms with Crippen LogP contribution in [0.25, 0.3) is 16.8 Å². The van der Waals surface area contributed by atoms with Crippen LogP contribution in [0.5, 0.6) is 0 Å². The van der Waals surface area contributed by atoms with Gasteiger partial charge >= 0.3 is 0 Å². The molecule has 4 rings (SSSR count). The molecule has 0 radical (unpaired) electrons. The zero-order valence-corrected chi connectivity index (χ0v) is 17.8. The van der Waals surface area contributed by atoms with Gasteiger partial charge in [-0.05, 0) is 28.8 Å². The van der Waals surface area contributed by atoms with E-state index in [4.69, 9.17) is 5.73 Å². The van der Waals surface area contributed by atoms with Crippen molar-refractivity contribution in [1.82, 2.24) is 24.4 Å². The number of amides is 2. The summed E-state index contributed by atoms with van der Waals surface area (Å²) < 4.78 is 28.8. The molecule has 1 fully saturated rings. The van der Waals surface area contributed by atoms with E-state index in [2.05, 4.69) is 10.1 Å². The van der Waals surface area contributed by atoms with Crippen LogP contribution in [0.15, 0.2) is 48.9 Å². The molecule has 2 atom stereocenters. The van der Waals surface area contributed by atoms with Crippen LogP contribution in [0.4, 0.5) is 8.78 Å². The van der Waals surface area contributed by atoms with Gasteiger partial charge in [-0.2, -0.15) is 5.10 Å². The third-order valence-corrected chi connectivity index (χ3v) is 5.72. The number of rotatable bonds is 5. The van der Waals surface area contributed by atoms with Crippen molar-refractivity contribution in [2.24, 2.45) is 5.73 Å². The fourth-order valence-corrected chi connectivity index (χ4v) is 3.94. The molecule has 1 aliphatic heterocycles. The number of carbonyl (C=O) groups excluding carboxylic acids is 2. The second kappa shape index (κ2) is 8.27. The van der Waals surface area contributed by atoms with Crippen molar-refractivity contribution < 1.29 is 18.4 Å². The highest BCUT2D eigenvalue weighted by atomic mass is 19.3. The summed E-state index contributed by atoms with van der Waals surface area (Å²) in [4.78, 5) is 32.3. The average Bonchev–Trinajstić information content (AvgIpc) is 3.38. The van der Waals surface area contributed by atoms with Crippen molar-refractivity contribution in [1.29, 1.82) is 0 Å². The van der Waals surface area contributed by atoms with Crippen molar-refractivity contribution in [3.8, 4) is 11.1 Å². The van der Waals surface area contributed by atoms with E-state index >= 15 is 0 Å². The highest BCUT2D eigenvalue weighted by Crippen LogP contribution is 2.30. The molecule has 0 saturated carbocycles. The molecule has 1 unspecified atom stereocenters. The number of likely N-dealkylation sites (N-methyl/N-ethyl adjacent to an activating group) is 1. The maximum absolute atomic E-state index is 13.6. The molecule has 32 heavy (non-hydrogen) atoms. The summed E-state index contributed by atoms with van der Waals surface area (Å²) in [5.74, 6) is -4.93. The van der Waals surface area contributed by atoms with Crippen LogP contribution in [-0.4, -0.2) is 75.4 Å². The summed E-state index contributed by atoms with van der Waals surface area (Å²) in [6, 6.07) is 9.64. The van der Waals surface area contributed by atoms with Crippen LogP contribution in [-0.2, 0) is 9.59 Å². The molecule has 1 aromatic carbocycles. The molecular formula is C22H24F2N6O2. The first kappa shape index (κ1) is 21.8. The number of alkyl halides is 2. The van der Waals surface area contributed by atoms with E-state index in [9.17, 15) is 18.4 Å². The molecule has 0 bridgehead atoms. The Morgan fingerprint density at radius 3 is 2.50 bits per heavy atom. The van der Waals surface area contributed by atoms with Gasteiger partial charge in [0.05, 0.1) is 12.5 Å². The molecule has 2 aromatic heterocycles. The molecule has 0 spiro atoms. The van der Waals surface area contributed by atoms with Gasteiger partial charge in [-0.3, -0.25) is 9.59 Å². The summed E-state index contributed by atoms with van der Waals surface area (Å²) in [5.41, 5.74) is 9.23. The standard InChI is InChI=1S/C22H24F2N6O2/c1-28(2)20(31)18(19(25)21(32)29-10-8-22(23,24)12-29)15-5-3-14(4-6-15)16-7-9-30-17(11-16)26-13-27-30/h3-7,9,11,13,18-19H,8,10,12,25H2,1-2H3/t18?,19-/m0/s1. The molecule has 3 heterocycles. The lowest BCUT2D eigenvalue weighted by molar-refractivity contribution is -0.139. The zero-order chi connectivity index (χ0) is 23.0. The molecule has 1 saturated heterocycles. The van der Waals surface area contributed by atoms with E-state index < -0.39 is 36.8 Å². The topological polar surface area (TPSA) is 96.8 Å². The van der Waals surface area contributed by atoms with E-state index in [1.807, 2.05) is 24.3 Å². The SMILES string of the molecule is CN(C)C(=O)C(c1ccc(-c2ccn3ncnc3c2)cc1)[C@H](N)C(=O)N1CCC(F)(F)C1. The van der Waals surface area contributed by atoms with Crippen molar-refractivity contribution >= 4 is 17.5 Å². The van der Waals surface area contributed by atoms with Gasteiger partial charge in [0.25, 0.3) is 5.92 Å². The highest BCUT2D eigenvalue weighted by Gasteiger charge is 2.44. The van der Waals surface area contributed by atoms with Crippen molar-refractivity contribution in [3.05, 3.63) is 54.5 Å². The molecule has 2 amide bonds. The lowest BCUT2D eigenvalue weighted by Crippen LogP contribution is -2.50. The highest BCUT2D eigenvalue weighted by molar-refractivity contribution is 5.93.